The number of carbonyl (C=O) groups excluding carboxylic acids is 1. The second kappa shape index (κ2) is 4.75. The van der Waals surface area contributed by atoms with Crippen LogP contribution in [0.2, 0.25) is 0 Å². The van der Waals surface area contributed by atoms with Gasteiger partial charge in [-0.1, -0.05) is 12.1 Å². The molecular formula is C13H19N3O. The van der Waals surface area contributed by atoms with Crippen molar-refractivity contribution < 1.29 is 4.79 Å². The fourth-order valence-electron chi connectivity index (χ4n) is 2.17. The highest BCUT2D eigenvalue weighted by Crippen LogP contribution is 2.18. The van der Waals surface area contributed by atoms with E-state index in [9.17, 15) is 4.79 Å². The van der Waals surface area contributed by atoms with E-state index < -0.39 is 0 Å². The number of hydrogen-bond acceptors (Lipinski definition) is 2. The molecule has 2 unspecified atom stereocenters. The maximum atomic E-state index is 12.0. The van der Waals surface area contributed by atoms with Gasteiger partial charge in [-0.25, -0.2) is 4.79 Å². The molecule has 1 fully saturated rings. The molecule has 0 aliphatic carbocycles. The Hall–Kier alpha value is -1.55. The third-order valence-corrected chi connectivity index (χ3v) is 3.34. The van der Waals surface area contributed by atoms with Crippen molar-refractivity contribution in [2.24, 2.45) is 5.73 Å². The van der Waals surface area contributed by atoms with E-state index in [0.717, 1.165) is 24.2 Å². The lowest BCUT2D eigenvalue weighted by Crippen LogP contribution is -2.42. The second-order valence-electron chi connectivity index (χ2n) is 4.69. The number of nitrogens with two attached hydrogens (primary N) is 1. The number of rotatable bonds is 1. The van der Waals surface area contributed by atoms with Crippen LogP contribution in [-0.4, -0.2) is 29.6 Å². The minimum atomic E-state index is -0.0592. The molecule has 0 aromatic heterocycles. The first-order valence-corrected chi connectivity index (χ1v) is 5.98. The molecule has 2 amide bonds. The van der Waals surface area contributed by atoms with Gasteiger partial charge in [0, 0.05) is 24.3 Å². The van der Waals surface area contributed by atoms with Crippen LogP contribution in [0.4, 0.5) is 10.5 Å². The molecule has 1 saturated heterocycles. The Kier molecular flexibility index (Phi) is 3.33. The summed E-state index contributed by atoms with van der Waals surface area (Å²) in [5, 5.41) is 2.91. The van der Waals surface area contributed by atoms with E-state index in [1.54, 1.807) is 4.90 Å². The molecule has 1 aliphatic rings. The number of amides is 2. The van der Waals surface area contributed by atoms with Gasteiger partial charge in [-0.05, 0) is 38.0 Å². The van der Waals surface area contributed by atoms with Crippen molar-refractivity contribution in [3.63, 3.8) is 0 Å². The summed E-state index contributed by atoms with van der Waals surface area (Å²) in [5.41, 5.74) is 7.87. The van der Waals surface area contributed by atoms with Crippen LogP contribution in [-0.2, 0) is 0 Å². The highest BCUT2D eigenvalue weighted by atomic mass is 16.2. The van der Waals surface area contributed by atoms with Gasteiger partial charge in [-0.3, -0.25) is 0 Å². The zero-order valence-corrected chi connectivity index (χ0v) is 10.3. The highest BCUT2D eigenvalue weighted by Gasteiger charge is 2.31. The van der Waals surface area contributed by atoms with Crippen LogP contribution in [0.5, 0.6) is 0 Å². The molecular weight excluding hydrogens is 214 g/mol. The van der Waals surface area contributed by atoms with E-state index in [1.165, 1.54) is 0 Å². The normalized spacial score (nSPS) is 23.8. The van der Waals surface area contributed by atoms with Crippen LogP contribution in [0.3, 0.4) is 0 Å². The van der Waals surface area contributed by atoms with Crippen LogP contribution in [0.25, 0.3) is 0 Å². The number of benzene rings is 1. The average Bonchev–Trinajstić information content (AvgIpc) is 2.60. The summed E-state index contributed by atoms with van der Waals surface area (Å²) in [6.07, 6.45) is 0.877. The van der Waals surface area contributed by atoms with Crippen LogP contribution in [0, 0.1) is 6.92 Å². The van der Waals surface area contributed by atoms with Crippen LogP contribution >= 0.6 is 0 Å². The zero-order valence-electron chi connectivity index (χ0n) is 10.3. The number of anilines is 1. The number of nitrogens with zero attached hydrogens (tertiary/aromatic N) is 1. The molecule has 0 radical (unpaired) electrons. The van der Waals surface area contributed by atoms with Crippen molar-refractivity contribution in [3.8, 4) is 0 Å². The third kappa shape index (κ3) is 2.58. The Bertz CT molecular complexity index is 419. The number of carbonyl (C=O) groups is 1. The van der Waals surface area contributed by atoms with Gasteiger partial charge in [0.25, 0.3) is 0 Å². The molecule has 4 nitrogen and oxygen atoms in total. The van der Waals surface area contributed by atoms with Gasteiger partial charge in [0.1, 0.15) is 0 Å². The second-order valence-corrected chi connectivity index (χ2v) is 4.69. The Morgan fingerprint density at radius 3 is 2.88 bits per heavy atom. The van der Waals surface area contributed by atoms with Crippen molar-refractivity contribution >= 4 is 11.7 Å². The molecule has 0 bridgehead atoms. The lowest BCUT2D eigenvalue weighted by Gasteiger charge is -2.23. The zero-order chi connectivity index (χ0) is 12.4. The Morgan fingerprint density at radius 1 is 1.53 bits per heavy atom. The molecule has 1 heterocycles. The minimum absolute atomic E-state index is 0.0592. The van der Waals surface area contributed by atoms with Crippen molar-refractivity contribution in [1.29, 1.82) is 0 Å². The van der Waals surface area contributed by atoms with Crippen molar-refractivity contribution in [2.45, 2.75) is 32.4 Å². The summed E-state index contributed by atoms with van der Waals surface area (Å²) in [6, 6.07) is 7.94. The van der Waals surface area contributed by atoms with E-state index >= 15 is 0 Å². The van der Waals surface area contributed by atoms with Crippen LogP contribution in [0.1, 0.15) is 18.9 Å². The summed E-state index contributed by atoms with van der Waals surface area (Å²) in [7, 11) is 0. The molecule has 1 aromatic rings. The van der Waals surface area contributed by atoms with Crippen molar-refractivity contribution in [3.05, 3.63) is 29.8 Å². The fourth-order valence-corrected chi connectivity index (χ4v) is 2.17. The summed E-state index contributed by atoms with van der Waals surface area (Å²) >= 11 is 0. The number of likely N-dealkylation sites (tertiary alicyclic amines) is 1. The average molecular weight is 233 g/mol. The predicted octanol–water partition coefficient (Wildman–Crippen LogP) is 1.95. The van der Waals surface area contributed by atoms with Crippen LogP contribution < -0.4 is 11.1 Å². The van der Waals surface area contributed by atoms with E-state index in [-0.39, 0.29) is 18.1 Å². The highest BCUT2D eigenvalue weighted by molar-refractivity contribution is 5.89. The Labute approximate surface area is 102 Å². The fraction of sp³-hybridized carbons (Fsp3) is 0.462. The molecule has 3 N–H and O–H groups in total. The molecule has 0 saturated carbocycles. The first kappa shape index (κ1) is 11.9. The molecule has 4 heteroatoms. The molecule has 2 rings (SSSR count). The first-order valence-electron chi connectivity index (χ1n) is 5.98. The largest absolute Gasteiger partial charge is 0.326 e. The number of nitrogens with one attached hydrogen (secondary N) is 1. The summed E-state index contributed by atoms with van der Waals surface area (Å²) in [6.45, 7) is 4.73. The summed E-state index contributed by atoms with van der Waals surface area (Å²) < 4.78 is 0. The third-order valence-electron chi connectivity index (χ3n) is 3.34. The number of urea groups is 1. The lowest BCUT2D eigenvalue weighted by molar-refractivity contribution is 0.208. The monoisotopic (exact) mass is 233 g/mol. The molecule has 0 spiro atoms. The minimum Gasteiger partial charge on any atom is -0.326 e. The standard InChI is InChI=1S/C13H19N3O/c1-9-4-3-5-11(8-9)15-13(17)16-7-6-12(14)10(16)2/h3-5,8,10,12H,6-7,14H2,1-2H3,(H,15,17). The number of hydrogen-bond donors (Lipinski definition) is 2. The molecule has 1 aromatic carbocycles. The van der Waals surface area contributed by atoms with Gasteiger partial charge in [-0.2, -0.15) is 0 Å². The lowest BCUT2D eigenvalue weighted by atomic mass is 10.2. The SMILES string of the molecule is Cc1cccc(NC(=O)N2CCC(N)C2C)c1. The van der Waals surface area contributed by atoms with E-state index in [0.29, 0.717) is 0 Å². The molecule has 2 atom stereocenters. The Morgan fingerprint density at radius 2 is 2.29 bits per heavy atom. The van der Waals surface area contributed by atoms with Gasteiger partial charge in [-0.15, -0.1) is 0 Å². The first-order chi connectivity index (χ1) is 8.08. The molecule has 1 aliphatic heterocycles. The number of aryl methyl sites for hydroxylation is 1. The van der Waals surface area contributed by atoms with Gasteiger partial charge >= 0.3 is 6.03 Å². The summed E-state index contributed by atoms with van der Waals surface area (Å²) in [5.74, 6) is 0. The molecule has 17 heavy (non-hydrogen) atoms. The summed E-state index contributed by atoms with van der Waals surface area (Å²) in [4.78, 5) is 13.8. The predicted molar refractivity (Wildman–Crippen MR) is 69.0 cm³/mol. The smallest absolute Gasteiger partial charge is 0.322 e. The van der Waals surface area contributed by atoms with E-state index in [1.807, 2.05) is 38.1 Å². The van der Waals surface area contributed by atoms with Crippen LogP contribution in [0.15, 0.2) is 24.3 Å². The van der Waals surface area contributed by atoms with Gasteiger partial charge in [0.2, 0.25) is 0 Å². The maximum Gasteiger partial charge on any atom is 0.322 e. The van der Waals surface area contributed by atoms with Crippen molar-refractivity contribution in [2.75, 3.05) is 11.9 Å². The molecule has 92 valence electrons. The van der Waals surface area contributed by atoms with Gasteiger partial charge in [0.05, 0.1) is 0 Å². The quantitative estimate of drug-likeness (QED) is 0.779. The van der Waals surface area contributed by atoms with Gasteiger partial charge in [0.15, 0.2) is 0 Å². The van der Waals surface area contributed by atoms with Gasteiger partial charge < -0.3 is 16.0 Å². The Balaban J connectivity index is 2.02. The topological polar surface area (TPSA) is 58.4 Å². The van der Waals surface area contributed by atoms with Crippen molar-refractivity contribution in [1.82, 2.24) is 4.90 Å². The van der Waals surface area contributed by atoms with E-state index in [4.69, 9.17) is 5.73 Å². The van der Waals surface area contributed by atoms with E-state index in [2.05, 4.69) is 5.32 Å². The maximum absolute atomic E-state index is 12.0.